The molecule has 444 valence electrons. The number of allylic oxidation sites excluding steroid dienone is 1. The van der Waals surface area contributed by atoms with Crippen LogP contribution in [0.2, 0.25) is 0 Å². The Morgan fingerprint density at radius 2 is 0.773 bits per heavy atom. The van der Waals surface area contributed by atoms with Gasteiger partial charge in [0.15, 0.2) is 0 Å². The Bertz CT molecular complexity index is 6610. The van der Waals surface area contributed by atoms with Crippen LogP contribution >= 0.6 is 0 Å². The fourth-order valence-electron chi connectivity index (χ4n) is 18.7. The van der Waals surface area contributed by atoms with Crippen LogP contribution in [0.15, 0.2) is 309 Å². The van der Waals surface area contributed by atoms with Crippen LogP contribution in [0.1, 0.15) is 11.1 Å². The predicted octanol–water partition coefficient (Wildman–Crippen LogP) is 20.9. The van der Waals surface area contributed by atoms with E-state index in [4.69, 9.17) is 0 Å². The van der Waals surface area contributed by atoms with Crippen molar-refractivity contribution in [3.05, 3.63) is 321 Å². The van der Waals surface area contributed by atoms with Gasteiger partial charge in [-0.15, -0.1) is 0 Å². The number of rotatable bonds is 5. The molecule has 4 nitrogen and oxygen atoms in total. The molecule has 5 aliphatic rings. The number of benzene rings is 16. The summed E-state index contributed by atoms with van der Waals surface area (Å²) < 4.78 is 5.42. The van der Waals surface area contributed by atoms with E-state index in [1.807, 2.05) is 0 Å². The topological polar surface area (TPSA) is 16.3 Å². The molecule has 0 N–H and O–H groups in total. The number of anilines is 6. The fraction of sp³-hybridized carbons (Fsp3) is 0.0110. The number of aromatic nitrogens is 2. The van der Waals surface area contributed by atoms with Gasteiger partial charge in [-0.3, -0.25) is 0 Å². The average molecular weight is 1230 g/mol. The SMILES string of the molecule is C1=Cc2cc3c(c4cc5ccc(-c6cc7c8c(c6)N(c6ccccc6)c6ccc9cc%10cc(-c%11ccccc%11)c(-c%11ccccc%11)cc%10cc9c6B8n6c8ccccc8c8cccc-7c86)cc5c(c24)C1)B1c2c(cccc2N3c2ccccc2)-c2cccc3c4ccccc4n1c23. The van der Waals surface area contributed by atoms with Crippen molar-refractivity contribution in [2.45, 2.75) is 6.42 Å². The second-order valence-electron chi connectivity index (χ2n) is 27.3. The Morgan fingerprint density at radius 1 is 0.268 bits per heavy atom. The minimum Gasteiger partial charge on any atom is -0.375 e. The number of fused-ring (bicyclic) bond motifs is 20. The zero-order valence-corrected chi connectivity index (χ0v) is 52.7. The summed E-state index contributed by atoms with van der Waals surface area (Å²) in [6, 6.07) is 115. The molecule has 1 aliphatic carbocycles. The highest BCUT2D eigenvalue weighted by Gasteiger charge is 2.46. The van der Waals surface area contributed by atoms with Gasteiger partial charge in [-0.05, 0) is 230 Å². The van der Waals surface area contributed by atoms with Gasteiger partial charge >= 0.3 is 13.7 Å². The van der Waals surface area contributed by atoms with E-state index in [9.17, 15) is 0 Å². The van der Waals surface area contributed by atoms with E-state index in [1.54, 1.807) is 0 Å². The lowest BCUT2D eigenvalue weighted by Crippen LogP contribution is -2.57. The third-order valence-electron chi connectivity index (χ3n) is 22.5. The highest BCUT2D eigenvalue weighted by Crippen LogP contribution is 2.52. The molecule has 0 spiro atoms. The highest BCUT2D eigenvalue weighted by atomic mass is 15.2. The summed E-state index contributed by atoms with van der Waals surface area (Å²) in [6.45, 7) is -0.217. The van der Waals surface area contributed by atoms with Crippen LogP contribution in [0.3, 0.4) is 0 Å². The maximum atomic E-state index is 2.71. The molecule has 6 heterocycles. The molecule has 0 saturated heterocycles. The lowest BCUT2D eigenvalue weighted by Gasteiger charge is -2.41. The summed E-state index contributed by atoms with van der Waals surface area (Å²) in [4.78, 5) is 5.15. The van der Waals surface area contributed by atoms with Gasteiger partial charge in [0.25, 0.3) is 0 Å². The summed E-state index contributed by atoms with van der Waals surface area (Å²) in [7, 11) is 0. The van der Waals surface area contributed by atoms with Crippen molar-refractivity contribution in [2.75, 3.05) is 9.80 Å². The highest BCUT2D eigenvalue weighted by molar-refractivity contribution is 6.92. The van der Waals surface area contributed by atoms with Crippen molar-refractivity contribution in [2.24, 2.45) is 0 Å². The largest absolute Gasteiger partial charge is 0.375 e. The maximum Gasteiger partial charge on any atom is 0.333 e. The first-order chi connectivity index (χ1) is 48.1. The third kappa shape index (κ3) is 6.93. The Hall–Kier alpha value is -12.4. The van der Waals surface area contributed by atoms with Gasteiger partial charge in [-0.25, -0.2) is 0 Å². The van der Waals surface area contributed by atoms with Crippen LogP contribution in [-0.2, 0) is 6.42 Å². The van der Waals surface area contributed by atoms with Gasteiger partial charge in [-0.1, -0.05) is 212 Å². The summed E-state index contributed by atoms with van der Waals surface area (Å²) in [5.41, 5.74) is 32.7. The molecule has 0 amide bonds. The average Bonchev–Trinajstić information content (AvgIpc) is 1.67. The molecule has 0 fully saturated rings. The molecule has 23 rings (SSSR count). The zero-order chi connectivity index (χ0) is 62.9. The second kappa shape index (κ2) is 19.2. The van der Waals surface area contributed by atoms with E-state index in [0.717, 1.165) is 17.8 Å². The summed E-state index contributed by atoms with van der Waals surface area (Å²) >= 11 is 0. The van der Waals surface area contributed by atoms with Gasteiger partial charge in [-0.2, -0.15) is 0 Å². The fourth-order valence-corrected chi connectivity index (χ4v) is 18.7. The van der Waals surface area contributed by atoms with Crippen molar-refractivity contribution < 1.29 is 0 Å². The maximum absolute atomic E-state index is 2.71. The first kappa shape index (κ1) is 52.1. The van der Waals surface area contributed by atoms with Gasteiger partial charge in [0.05, 0.1) is 0 Å². The second-order valence-corrected chi connectivity index (χ2v) is 27.3. The standard InChI is InChI=1S/C91H54B2N4/c1-5-21-54(22-6-1)73-48-60-45-57-43-44-82-87(76(57)50-61(60)49-74(73)55-23-7-2-8-24-55)93-88-77(72-37-19-35-70-66-31-14-16-39-80(66)97(93)91(70)72)51-62(53-84(88)95(82)64-28-11-4-12-29-64)56-41-42-58-47-78-85-59(25-17-32-67(85)75(58)46-56)52-83-89(78)92-86-68(33-20-40-81(86)94(83)63-26-9-3-10-27-63)71-36-18-34-69-65-30-13-15-38-79(65)96(92)90(69)71/h1-31,33-53H,32H2. The van der Waals surface area contributed by atoms with Gasteiger partial charge in [0.2, 0.25) is 0 Å². The van der Waals surface area contributed by atoms with Crippen LogP contribution in [-0.4, -0.2) is 22.7 Å². The number of hydrogen-bond acceptors (Lipinski definition) is 2. The van der Waals surface area contributed by atoms with E-state index >= 15 is 0 Å². The Kier molecular flexibility index (Phi) is 10.3. The summed E-state index contributed by atoms with van der Waals surface area (Å²) in [5, 5.41) is 15.3. The van der Waals surface area contributed by atoms with Crippen LogP contribution in [0.4, 0.5) is 34.1 Å². The minimum atomic E-state index is -0.146. The lowest BCUT2D eigenvalue weighted by atomic mass is 9.44. The number of para-hydroxylation sites is 6. The van der Waals surface area contributed by atoms with Crippen molar-refractivity contribution in [3.63, 3.8) is 0 Å². The number of hydrogen-bond donors (Lipinski definition) is 0. The molecule has 0 saturated carbocycles. The Balaban J connectivity index is 0.773. The van der Waals surface area contributed by atoms with E-state index < -0.39 is 0 Å². The quantitative estimate of drug-likeness (QED) is 0.126. The Morgan fingerprint density at radius 3 is 1.43 bits per heavy atom. The molecule has 0 atom stereocenters. The molecule has 0 radical (unpaired) electrons. The molecule has 0 unspecified atom stereocenters. The normalized spacial score (nSPS) is 13.6. The first-order valence-electron chi connectivity index (χ1n) is 34.1. The van der Waals surface area contributed by atoms with Gasteiger partial charge in [0.1, 0.15) is 0 Å². The van der Waals surface area contributed by atoms with E-state index in [-0.39, 0.29) is 13.7 Å². The number of nitrogens with zero attached hydrogens (tertiary/aromatic N) is 4. The first-order valence-corrected chi connectivity index (χ1v) is 34.1. The smallest absolute Gasteiger partial charge is 0.333 e. The van der Waals surface area contributed by atoms with Gasteiger partial charge in [0, 0.05) is 88.9 Å². The van der Waals surface area contributed by atoms with Crippen molar-refractivity contribution in [1.29, 1.82) is 0 Å². The van der Waals surface area contributed by atoms with Crippen molar-refractivity contribution in [1.82, 2.24) is 8.96 Å². The van der Waals surface area contributed by atoms with E-state index in [1.165, 1.54) is 198 Å². The third-order valence-corrected chi connectivity index (χ3v) is 22.5. The molecule has 18 aromatic rings. The molecule has 97 heavy (non-hydrogen) atoms. The Labute approximate surface area is 560 Å². The molecule has 4 aliphatic heterocycles. The molecule has 6 heteroatoms. The van der Waals surface area contributed by atoms with Crippen LogP contribution in [0.25, 0.3) is 148 Å². The summed E-state index contributed by atoms with van der Waals surface area (Å²) in [6.07, 6.45) is 5.65. The molecule has 2 aromatic heterocycles. The van der Waals surface area contributed by atoms with E-state index in [0.29, 0.717) is 0 Å². The van der Waals surface area contributed by atoms with Crippen molar-refractivity contribution >= 4 is 162 Å². The van der Waals surface area contributed by atoms with Crippen LogP contribution < -0.4 is 31.7 Å². The minimum absolute atomic E-state index is 0.0712. The van der Waals surface area contributed by atoms with E-state index in [2.05, 4.69) is 334 Å². The molecule has 16 aromatic carbocycles. The zero-order valence-electron chi connectivity index (χ0n) is 52.7. The lowest BCUT2D eigenvalue weighted by molar-refractivity contribution is 1.25. The van der Waals surface area contributed by atoms with Crippen LogP contribution in [0, 0.1) is 0 Å². The summed E-state index contributed by atoms with van der Waals surface area (Å²) in [5.74, 6) is 0. The monoisotopic (exact) mass is 1220 g/mol. The molecule has 0 bridgehead atoms. The van der Waals surface area contributed by atoms with Crippen LogP contribution in [0.5, 0.6) is 0 Å². The van der Waals surface area contributed by atoms with Gasteiger partial charge < -0.3 is 18.8 Å². The predicted molar refractivity (Wildman–Crippen MR) is 413 cm³/mol. The molecular formula is C91H54B2N4. The van der Waals surface area contributed by atoms with Crippen molar-refractivity contribution in [3.8, 4) is 55.6 Å². The molecular weight excluding hydrogens is 1170 g/mol.